The van der Waals surface area contributed by atoms with E-state index >= 15 is 0 Å². The molecular formula is C34H65NO4. The lowest BCUT2D eigenvalue weighted by molar-refractivity contribution is -0.137. The van der Waals surface area contributed by atoms with E-state index in [9.17, 15) is 20.1 Å². The average molecular weight is 552 g/mol. The lowest BCUT2D eigenvalue weighted by Gasteiger charge is -2.32. The van der Waals surface area contributed by atoms with Gasteiger partial charge in [-0.05, 0) is 32.1 Å². The second-order valence-corrected chi connectivity index (χ2v) is 11.2. The number of hydrogen-bond donors (Lipinski definition) is 3. The van der Waals surface area contributed by atoms with Crippen molar-refractivity contribution in [3.8, 4) is 0 Å². The monoisotopic (exact) mass is 551 g/mol. The number of amides is 1. The molecule has 5 heteroatoms. The summed E-state index contributed by atoms with van der Waals surface area (Å²) in [6.45, 7) is 4.12. The van der Waals surface area contributed by atoms with Crippen molar-refractivity contribution < 1.29 is 20.1 Å². The molecule has 230 valence electrons. The van der Waals surface area contributed by atoms with Crippen molar-refractivity contribution in [1.82, 2.24) is 4.90 Å². The number of aliphatic hydroxyl groups excluding tert-OH is 3. The van der Waals surface area contributed by atoms with Crippen LogP contribution in [0.4, 0.5) is 0 Å². The third-order valence-corrected chi connectivity index (χ3v) is 7.61. The fraction of sp³-hybridized carbons (Fsp3) is 0.853. The van der Waals surface area contributed by atoms with Gasteiger partial charge in [0.2, 0.25) is 5.91 Å². The Balaban J connectivity index is 4.17. The van der Waals surface area contributed by atoms with E-state index in [4.69, 9.17) is 0 Å². The highest BCUT2D eigenvalue weighted by molar-refractivity contribution is 5.76. The second-order valence-electron chi connectivity index (χ2n) is 11.2. The number of carbonyl (C=O) groups excluding carboxylic acids is 1. The first-order valence-corrected chi connectivity index (χ1v) is 16.6. The molecule has 5 nitrogen and oxygen atoms in total. The van der Waals surface area contributed by atoms with E-state index in [-0.39, 0.29) is 25.7 Å². The summed E-state index contributed by atoms with van der Waals surface area (Å²) >= 11 is 0. The van der Waals surface area contributed by atoms with Gasteiger partial charge in [0, 0.05) is 13.0 Å². The molecule has 0 aliphatic rings. The van der Waals surface area contributed by atoms with Crippen molar-refractivity contribution >= 4 is 5.91 Å². The largest absolute Gasteiger partial charge is 0.395 e. The minimum absolute atomic E-state index is 0.0974. The highest BCUT2D eigenvalue weighted by Gasteiger charge is 2.27. The first-order valence-electron chi connectivity index (χ1n) is 16.6. The van der Waals surface area contributed by atoms with Crippen LogP contribution in [0.1, 0.15) is 155 Å². The number of unbranched alkanes of at least 4 members (excludes halogenated alkanes) is 18. The van der Waals surface area contributed by atoms with Gasteiger partial charge in [0.15, 0.2) is 0 Å². The molecule has 0 fully saturated rings. The maximum atomic E-state index is 12.8. The van der Waals surface area contributed by atoms with Gasteiger partial charge in [-0.2, -0.15) is 0 Å². The zero-order valence-electron chi connectivity index (χ0n) is 25.8. The number of nitrogens with zero attached hydrogens (tertiary/aromatic N) is 1. The van der Waals surface area contributed by atoms with Gasteiger partial charge in [0.1, 0.15) is 0 Å². The Morgan fingerprint density at radius 3 is 1.62 bits per heavy atom. The van der Waals surface area contributed by atoms with Crippen LogP contribution in [-0.4, -0.2) is 58.0 Å². The predicted octanol–water partition coefficient (Wildman–Crippen LogP) is 8.26. The maximum Gasteiger partial charge on any atom is 0.223 e. The lowest BCUT2D eigenvalue weighted by Crippen LogP contribution is -2.49. The zero-order valence-corrected chi connectivity index (χ0v) is 25.8. The van der Waals surface area contributed by atoms with Crippen LogP contribution in [0.5, 0.6) is 0 Å². The third-order valence-electron chi connectivity index (χ3n) is 7.61. The first-order chi connectivity index (χ1) is 19.1. The highest BCUT2D eigenvalue weighted by atomic mass is 16.3. The van der Waals surface area contributed by atoms with Crippen LogP contribution < -0.4 is 0 Å². The fourth-order valence-electron chi connectivity index (χ4n) is 5.07. The summed E-state index contributed by atoms with van der Waals surface area (Å²) in [4.78, 5) is 14.3. The molecule has 0 saturated carbocycles. The standard InChI is InChI=1S/C34H65NO4/c1-3-5-7-9-11-13-15-16-18-19-21-23-25-27-33(38)32(31-37)35(29-30-36)34(39)28-26-24-22-20-17-14-12-10-8-6-4-2/h18-19,25,27,32-33,36-38H,3-17,20-24,26,28-31H2,1-2H3/b19-18+,27-25+/t32?,33-/m1/s1. The van der Waals surface area contributed by atoms with Gasteiger partial charge in [-0.15, -0.1) is 0 Å². The molecule has 0 aromatic rings. The Kier molecular flexibility index (Phi) is 28.9. The van der Waals surface area contributed by atoms with Crippen molar-refractivity contribution in [2.24, 2.45) is 0 Å². The lowest BCUT2D eigenvalue weighted by atomic mass is 10.0. The molecule has 0 aliphatic heterocycles. The van der Waals surface area contributed by atoms with Gasteiger partial charge in [-0.25, -0.2) is 0 Å². The van der Waals surface area contributed by atoms with Crippen LogP contribution in [0.2, 0.25) is 0 Å². The van der Waals surface area contributed by atoms with Gasteiger partial charge >= 0.3 is 0 Å². The summed E-state index contributed by atoms with van der Waals surface area (Å²) in [5, 5.41) is 30.1. The number of rotatable bonds is 29. The normalized spacial score (nSPS) is 13.5. The smallest absolute Gasteiger partial charge is 0.223 e. The second kappa shape index (κ2) is 29.8. The van der Waals surface area contributed by atoms with Gasteiger partial charge in [-0.3, -0.25) is 4.79 Å². The van der Waals surface area contributed by atoms with Crippen LogP contribution in [0, 0.1) is 0 Å². The molecule has 0 bridgehead atoms. The summed E-state index contributed by atoms with van der Waals surface area (Å²) in [5.74, 6) is -0.0974. The van der Waals surface area contributed by atoms with E-state index in [1.807, 2.05) is 6.08 Å². The molecular weight excluding hydrogens is 486 g/mol. The zero-order chi connectivity index (χ0) is 28.8. The Bertz CT molecular complexity index is 578. The molecule has 0 aliphatic carbocycles. The number of carbonyl (C=O) groups is 1. The van der Waals surface area contributed by atoms with E-state index in [0.29, 0.717) is 6.42 Å². The maximum absolute atomic E-state index is 12.8. The average Bonchev–Trinajstić information content (AvgIpc) is 2.94. The molecule has 0 saturated heterocycles. The third kappa shape index (κ3) is 23.3. The van der Waals surface area contributed by atoms with Crippen LogP contribution in [0.3, 0.4) is 0 Å². The Morgan fingerprint density at radius 2 is 1.10 bits per heavy atom. The summed E-state index contributed by atoms with van der Waals surface area (Å²) in [7, 11) is 0. The highest BCUT2D eigenvalue weighted by Crippen LogP contribution is 2.15. The minimum atomic E-state index is -0.945. The van der Waals surface area contributed by atoms with Crippen molar-refractivity contribution in [1.29, 1.82) is 0 Å². The van der Waals surface area contributed by atoms with E-state index in [1.165, 1.54) is 101 Å². The molecule has 39 heavy (non-hydrogen) atoms. The topological polar surface area (TPSA) is 81.0 Å². The van der Waals surface area contributed by atoms with E-state index in [1.54, 1.807) is 6.08 Å². The fourth-order valence-corrected chi connectivity index (χ4v) is 5.07. The van der Waals surface area contributed by atoms with Gasteiger partial charge < -0.3 is 20.2 Å². The van der Waals surface area contributed by atoms with E-state index in [0.717, 1.165) is 38.5 Å². The molecule has 0 rings (SSSR count). The SMILES string of the molecule is CCCCCCCCC/C=C/CC/C=C/[C@@H](O)C(CO)N(CCO)C(=O)CCCCCCCCCCCCC. The predicted molar refractivity (Wildman–Crippen MR) is 167 cm³/mol. The van der Waals surface area contributed by atoms with Crippen LogP contribution in [-0.2, 0) is 4.79 Å². The van der Waals surface area contributed by atoms with Crippen LogP contribution in [0.15, 0.2) is 24.3 Å². The van der Waals surface area contributed by atoms with Crippen LogP contribution >= 0.6 is 0 Å². The molecule has 0 spiro atoms. The van der Waals surface area contributed by atoms with E-state index in [2.05, 4.69) is 26.0 Å². The quantitative estimate of drug-likeness (QED) is 0.0645. The van der Waals surface area contributed by atoms with Crippen molar-refractivity contribution in [3.05, 3.63) is 24.3 Å². The van der Waals surface area contributed by atoms with E-state index < -0.39 is 12.1 Å². The first kappa shape index (κ1) is 37.8. The van der Waals surface area contributed by atoms with Gasteiger partial charge in [0.25, 0.3) is 0 Å². The Morgan fingerprint density at radius 1 is 0.641 bits per heavy atom. The minimum Gasteiger partial charge on any atom is -0.395 e. The van der Waals surface area contributed by atoms with Crippen molar-refractivity contribution in [2.45, 2.75) is 167 Å². The molecule has 3 N–H and O–H groups in total. The Labute approximate surface area is 242 Å². The van der Waals surface area contributed by atoms with Gasteiger partial charge in [-0.1, -0.05) is 141 Å². The summed E-state index contributed by atoms with van der Waals surface area (Å²) in [6, 6.07) is -0.721. The molecule has 0 aromatic heterocycles. The van der Waals surface area contributed by atoms with Crippen molar-refractivity contribution in [3.63, 3.8) is 0 Å². The van der Waals surface area contributed by atoms with Gasteiger partial charge in [0.05, 0.1) is 25.4 Å². The number of allylic oxidation sites excluding steroid dienone is 3. The van der Waals surface area contributed by atoms with Crippen molar-refractivity contribution in [2.75, 3.05) is 19.8 Å². The summed E-state index contributed by atoms with van der Waals surface area (Å²) in [5.41, 5.74) is 0. The molecule has 0 radical (unpaired) electrons. The summed E-state index contributed by atoms with van der Waals surface area (Å²) < 4.78 is 0. The number of hydrogen-bond acceptors (Lipinski definition) is 4. The Hall–Kier alpha value is -1.17. The number of aliphatic hydroxyl groups is 3. The molecule has 0 aromatic carbocycles. The van der Waals surface area contributed by atoms with Crippen LogP contribution in [0.25, 0.3) is 0 Å². The molecule has 1 amide bonds. The molecule has 2 atom stereocenters. The molecule has 0 heterocycles. The molecule has 1 unspecified atom stereocenters. The summed E-state index contributed by atoms with van der Waals surface area (Å²) in [6.07, 6.45) is 33.2.